The molecule has 0 saturated carbocycles. The molecule has 4 nitrogen and oxygen atoms in total. The van der Waals surface area contributed by atoms with Crippen LogP contribution in [-0.4, -0.2) is 11.0 Å². The van der Waals surface area contributed by atoms with Crippen LogP contribution in [0, 0.1) is 0 Å². The van der Waals surface area contributed by atoms with Crippen LogP contribution in [0.15, 0.2) is 41.0 Å². The lowest BCUT2D eigenvalue weighted by atomic mass is 10.2. The van der Waals surface area contributed by atoms with E-state index >= 15 is 0 Å². The van der Waals surface area contributed by atoms with E-state index in [1.165, 1.54) is 0 Å². The van der Waals surface area contributed by atoms with Crippen molar-refractivity contribution in [3.8, 4) is 0 Å². The molecule has 88 valence electrons. The maximum Gasteiger partial charge on any atom is 0.355 e. The Morgan fingerprint density at radius 1 is 1.41 bits per heavy atom. The Morgan fingerprint density at radius 3 is 2.88 bits per heavy atom. The summed E-state index contributed by atoms with van der Waals surface area (Å²) in [6, 6.07) is 9.14. The van der Waals surface area contributed by atoms with Gasteiger partial charge < -0.3 is 15.5 Å². The molecule has 0 unspecified atom stereocenters. The molecular weight excluding hydrogens is 284 g/mol. The number of rotatable bonds is 3. The van der Waals surface area contributed by atoms with Gasteiger partial charge >= 0.3 is 5.97 Å². The average Bonchev–Trinajstić information content (AvgIpc) is 2.73. The molecule has 1 aromatic carbocycles. The first-order chi connectivity index (χ1) is 8.15. The Balaban J connectivity index is 1.97. The summed E-state index contributed by atoms with van der Waals surface area (Å²) < 4.78 is 6.09. The van der Waals surface area contributed by atoms with Gasteiger partial charge in [0.1, 0.15) is 12.3 Å². The first kappa shape index (κ1) is 11.7. The van der Waals surface area contributed by atoms with Gasteiger partial charge in [-0.25, -0.2) is 4.79 Å². The zero-order valence-corrected chi connectivity index (χ0v) is 10.5. The lowest BCUT2D eigenvalue weighted by Crippen LogP contribution is -2.05. The zero-order valence-electron chi connectivity index (χ0n) is 8.94. The molecule has 0 fully saturated rings. The standard InChI is InChI=1S/C12H11BrN2O2/c13-9-3-1-2-8(4-9)7-17-12(16)11-5-10(14)6-15-11/h1-6,15H,7,14H2. The highest BCUT2D eigenvalue weighted by atomic mass is 79.9. The number of hydrogen-bond acceptors (Lipinski definition) is 3. The Hall–Kier alpha value is -1.75. The monoisotopic (exact) mass is 294 g/mol. The van der Waals surface area contributed by atoms with Crippen molar-refractivity contribution in [2.45, 2.75) is 6.61 Å². The molecular formula is C12H11BrN2O2. The smallest absolute Gasteiger partial charge is 0.355 e. The molecule has 0 radical (unpaired) electrons. The molecule has 0 aliphatic carbocycles. The highest BCUT2D eigenvalue weighted by molar-refractivity contribution is 9.10. The second-order valence-electron chi connectivity index (χ2n) is 3.55. The van der Waals surface area contributed by atoms with E-state index < -0.39 is 5.97 Å². The maximum atomic E-state index is 11.6. The molecule has 0 bridgehead atoms. The number of carbonyl (C=O) groups excluding carboxylic acids is 1. The van der Waals surface area contributed by atoms with Crippen LogP contribution in [0.5, 0.6) is 0 Å². The van der Waals surface area contributed by atoms with E-state index in [0.29, 0.717) is 11.4 Å². The second kappa shape index (κ2) is 5.05. The molecule has 0 spiro atoms. The van der Waals surface area contributed by atoms with Gasteiger partial charge in [0, 0.05) is 10.7 Å². The first-order valence-corrected chi connectivity index (χ1v) is 5.80. The van der Waals surface area contributed by atoms with E-state index in [9.17, 15) is 4.79 Å². The molecule has 1 heterocycles. The molecule has 2 aromatic rings. The predicted molar refractivity (Wildman–Crippen MR) is 68.5 cm³/mol. The van der Waals surface area contributed by atoms with Crippen LogP contribution in [0.4, 0.5) is 5.69 Å². The summed E-state index contributed by atoms with van der Waals surface area (Å²) in [7, 11) is 0. The molecule has 1 aromatic heterocycles. The largest absolute Gasteiger partial charge is 0.456 e. The number of carbonyl (C=O) groups is 1. The molecule has 0 saturated heterocycles. The number of ether oxygens (including phenoxy) is 1. The first-order valence-electron chi connectivity index (χ1n) is 5.00. The van der Waals surface area contributed by atoms with Crippen LogP contribution in [0.3, 0.4) is 0 Å². The fraction of sp³-hybridized carbons (Fsp3) is 0.0833. The van der Waals surface area contributed by atoms with Gasteiger partial charge in [-0.2, -0.15) is 0 Å². The summed E-state index contributed by atoms with van der Waals surface area (Å²) in [5, 5.41) is 0. The molecule has 5 heteroatoms. The summed E-state index contributed by atoms with van der Waals surface area (Å²) in [4.78, 5) is 14.3. The van der Waals surface area contributed by atoms with Gasteiger partial charge in [-0.3, -0.25) is 0 Å². The van der Waals surface area contributed by atoms with Gasteiger partial charge in [0.05, 0.1) is 5.69 Å². The lowest BCUT2D eigenvalue weighted by Gasteiger charge is -2.03. The molecule has 0 aliphatic rings. The number of halogens is 1. The van der Waals surface area contributed by atoms with Crippen molar-refractivity contribution in [2.24, 2.45) is 0 Å². The number of nitrogens with two attached hydrogens (primary N) is 1. The van der Waals surface area contributed by atoms with Crippen molar-refractivity contribution in [1.82, 2.24) is 4.98 Å². The van der Waals surface area contributed by atoms with Crippen molar-refractivity contribution in [3.63, 3.8) is 0 Å². The van der Waals surface area contributed by atoms with E-state index in [1.54, 1.807) is 12.3 Å². The molecule has 3 N–H and O–H groups in total. The summed E-state index contributed by atoms with van der Waals surface area (Å²) in [6.45, 7) is 0.233. The number of nitrogen functional groups attached to an aromatic ring is 1. The Kier molecular flexibility index (Phi) is 3.49. The number of esters is 1. The topological polar surface area (TPSA) is 68.1 Å². The SMILES string of the molecule is Nc1c[nH]c(C(=O)OCc2cccc(Br)c2)c1. The minimum absolute atomic E-state index is 0.233. The fourth-order valence-electron chi connectivity index (χ4n) is 1.38. The quantitative estimate of drug-likeness (QED) is 0.855. The zero-order chi connectivity index (χ0) is 12.3. The van der Waals surface area contributed by atoms with E-state index in [4.69, 9.17) is 10.5 Å². The van der Waals surface area contributed by atoms with Gasteiger partial charge in [0.2, 0.25) is 0 Å². The third-order valence-corrected chi connectivity index (χ3v) is 2.68. The van der Waals surface area contributed by atoms with E-state index in [-0.39, 0.29) is 6.61 Å². The molecule has 17 heavy (non-hydrogen) atoms. The fourth-order valence-corrected chi connectivity index (χ4v) is 1.83. The molecule has 0 amide bonds. The number of anilines is 1. The van der Waals surface area contributed by atoms with E-state index in [2.05, 4.69) is 20.9 Å². The van der Waals surface area contributed by atoms with E-state index in [1.807, 2.05) is 24.3 Å². The van der Waals surface area contributed by atoms with Gasteiger partial charge in [0.25, 0.3) is 0 Å². The Morgan fingerprint density at radius 2 is 2.24 bits per heavy atom. The number of benzene rings is 1. The number of hydrogen-bond donors (Lipinski definition) is 2. The number of aromatic amines is 1. The van der Waals surface area contributed by atoms with E-state index in [0.717, 1.165) is 10.0 Å². The van der Waals surface area contributed by atoms with Gasteiger partial charge in [-0.05, 0) is 23.8 Å². The van der Waals surface area contributed by atoms with Crippen LogP contribution in [-0.2, 0) is 11.3 Å². The number of nitrogens with one attached hydrogen (secondary N) is 1. The van der Waals surface area contributed by atoms with Gasteiger partial charge in [-0.1, -0.05) is 28.1 Å². The summed E-state index contributed by atoms with van der Waals surface area (Å²) in [5.41, 5.74) is 7.29. The highest BCUT2D eigenvalue weighted by Crippen LogP contribution is 2.13. The van der Waals surface area contributed by atoms with Crippen molar-refractivity contribution < 1.29 is 9.53 Å². The van der Waals surface area contributed by atoms with Gasteiger partial charge in [-0.15, -0.1) is 0 Å². The van der Waals surface area contributed by atoms with Gasteiger partial charge in [0.15, 0.2) is 0 Å². The van der Waals surface area contributed by atoms with Crippen molar-refractivity contribution in [3.05, 3.63) is 52.3 Å². The normalized spacial score (nSPS) is 10.2. The summed E-state index contributed by atoms with van der Waals surface area (Å²) in [5.74, 6) is -0.415. The molecule has 2 rings (SSSR count). The average molecular weight is 295 g/mol. The Labute approximate surface area is 107 Å². The van der Waals surface area contributed by atoms with Crippen LogP contribution in [0.25, 0.3) is 0 Å². The van der Waals surface area contributed by atoms with Crippen LogP contribution >= 0.6 is 15.9 Å². The third-order valence-electron chi connectivity index (χ3n) is 2.18. The summed E-state index contributed by atoms with van der Waals surface area (Å²) >= 11 is 3.35. The second-order valence-corrected chi connectivity index (χ2v) is 4.47. The van der Waals surface area contributed by atoms with Crippen LogP contribution in [0.1, 0.15) is 16.1 Å². The highest BCUT2D eigenvalue weighted by Gasteiger charge is 2.09. The van der Waals surface area contributed by atoms with Crippen LogP contribution < -0.4 is 5.73 Å². The third kappa shape index (κ3) is 3.10. The number of H-pyrrole nitrogens is 1. The predicted octanol–water partition coefficient (Wildman–Crippen LogP) is 2.72. The van der Waals surface area contributed by atoms with Crippen LogP contribution in [0.2, 0.25) is 0 Å². The summed E-state index contributed by atoms with van der Waals surface area (Å²) in [6.07, 6.45) is 1.55. The minimum atomic E-state index is -0.415. The van der Waals surface area contributed by atoms with Crippen molar-refractivity contribution in [2.75, 3.05) is 5.73 Å². The van der Waals surface area contributed by atoms with Crippen molar-refractivity contribution in [1.29, 1.82) is 0 Å². The maximum absolute atomic E-state index is 11.6. The minimum Gasteiger partial charge on any atom is -0.456 e. The Bertz CT molecular complexity index is 537. The molecule has 0 atom stereocenters. The van der Waals surface area contributed by atoms with Crippen molar-refractivity contribution >= 4 is 27.6 Å². The molecule has 0 aliphatic heterocycles. The lowest BCUT2D eigenvalue weighted by molar-refractivity contribution is 0.0466. The number of aromatic nitrogens is 1.